The lowest BCUT2D eigenvalue weighted by Gasteiger charge is -2.10. The summed E-state index contributed by atoms with van der Waals surface area (Å²) in [6, 6.07) is 7.51. The van der Waals surface area contributed by atoms with Gasteiger partial charge in [-0.15, -0.1) is 20.4 Å². The second-order valence-corrected chi connectivity index (χ2v) is 7.36. The van der Waals surface area contributed by atoms with E-state index in [9.17, 15) is 0 Å². The Hall–Kier alpha value is -2.55. The average molecular weight is 360 g/mol. The molecule has 0 aliphatic heterocycles. The fraction of sp³-hybridized carbons (Fsp3) is 0.375. The molecule has 9 heteroatoms. The quantitative estimate of drug-likeness (QED) is 0.547. The van der Waals surface area contributed by atoms with E-state index in [-0.39, 0.29) is 5.41 Å². The monoisotopic (exact) mass is 360 g/mol. The van der Waals surface area contributed by atoms with Crippen LogP contribution in [0.1, 0.15) is 32.6 Å². The van der Waals surface area contributed by atoms with E-state index in [0.717, 1.165) is 5.56 Å². The van der Waals surface area contributed by atoms with Gasteiger partial charge in [-0.3, -0.25) is 0 Å². The topological polar surface area (TPSA) is 105 Å². The number of hydrogen-bond donors (Lipinski definition) is 1. The van der Waals surface area contributed by atoms with Crippen molar-refractivity contribution in [1.29, 1.82) is 0 Å². The first-order valence-corrected chi connectivity index (χ1v) is 8.68. The number of nitrogen functional groups attached to an aromatic ring is 1. The molecule has 0 aliphatic rings. The summed E-state index contributed by atoms with van der Waals surface area (Å²) in [6.07, 6.45) is 0. The fourth-order valence-corrected chi connectivity index (χ4v) is 2.82. The van der Waals surface area contributed by atoms with Crippen molar-refractivity contribution in [3.63, 3.8) is 0 Å². The Morgan fingerprint density at radius 2 is 1.92 bits per heavy atom. The van der Waals surface area contributed by atoms with E-state index in [0.29, 0.717) is 34.3 Å². The molecule has 0 saturated carbocycles. The highest BCUT2D eigenvalue weighted by molar-refractivity contribution is 7.98. The molecule has 132 valence electrons. The van der Waals surface area contributed by atoms with E-state index >= 15 is 0 Å². The van der Waals surface area contributed by atoms with E-state index in [1.807, 2.05) is 45.0 Å². The zero-order chi connectivity index (χ0) is 18.0. The highest BCUT2D eigenvalue weighted by Crippen LogP contribution is 2.30. The molecule has 2 N–H and O–H groups in total. The zero-order valence-electron chi connectivity index (χ0n) is 14.6. The third-order valence-corrected chi connectivity index (χ3v) is 4.37. The highest BCUT2D eigenvalue weighted by atomic mass is 32.2. The van der Waals surface area contributed by atoms with Crippen LogP contribution in [0, 0.1) is 0 Å². The second kappa shape index (κ2) is 6.75. The number of aromatic nitrogens is 5. The van der Waals surface area contributed by atoms with Crippen molar-refractivity contribution in [2.24, 2.45) is 0 Å². The number of hydrogen-bond acceptors (Lipinski definition) is 8. The van der Waals surface area contributed by atoms with Gasteiger partial charge >= 0.3 is 0 Å². The second-order valence-electron chi connectivity index (χ2n) is 6.42. The Morgan fingerprint density at radius 3 is 2.60 bits per heavy atom. The third kappa shape index (κ3) is 3.60. The molecule has 0 spiro atoms. The van der Waals surface area contributed by atoms with Gasteiger partial charge in [0.25, 0.3) is 0 Å². The Kier molecular flexibility index (Phi) is 4.67. The lowest BCUT2D eigenvalue weighted by molar-refractivity contribution is 0.378. The smallest absolute Gasteiger partial charge is 0.226 e. The number of nitrogens with zero attached hydrogens (tertiary/aromatic N) is 5. The number of methoxy groups -OCH3 is 1. The van der Waals surface area contributed by atoms with Gasteiger partial charge in [0.05, 0.1) is 18.4 Å². The summed E-state index contributed by atoms with van der Waals surface area (Å²) in [4.78, 5) is 0. The highest BCUT2D eigenvalue weighted by Gasteiger charge is 2.22. The summed E-state index contributed by atoms with van der Waals surface area (Å²) in [7, 11) is 1.61. The van der Waals surface area contributed by atoms with Gasteiger partial charge in [-0.25, -0.2) is 4.68 Å². The Bertz CT molecular complexity index is 868. The lowest BCUT2D eigenvalue weighted by atomic mass is 9.97. The van der Waals surface area contributed by atoms with Crippen LogP contribution in [0.4, 0.5) is 0 Å². The summed E-state index contributed by atoms with van der Waals surface area (Å²) < 4.78 is 12.5. The number of para-hydroxylation sites is 1. The van der Waals surface area contributed by atoms with Crippen LogP contribution < -0.4 is 10.6 Å². The predicted molar refractivity (Wildman–Crippen MR) is 94.7 cm³/mol. The standard InChI is InChI=1S/C16H20N6O2S/c1-16(2,3)14-20-18-12(24-14)9-25-15-21-19-13(22(15)17)10-7-5-6-8-11(10)23-4/h5-8H,9,17H2,1-4H3. The summed E-state index contributed by atoms with van der Waals surface area (Å²) in [5, 5.41) is 17.0. The van der Waals surface area contributed by atoms with E-state index in [1.54, 1.807) is 7.11 Å². The summed E-state index contributed by atoms with van der Waals surface area (Å²) in [5.41, 5.74) is 0.598. The largest absolute Gasteiger partial charge is 0.496 e. The van der Waals surface area contributed by atoms with E-state index in [4.69, 9.17) is 15.0 Å². The number of thioether (sulfide) groups is 1. The zero-order valence-corrected chi connectivity index (χ0v) is 15.4. The SMILES string of the molecule is COc1ccccc1-c1nnc(SCc2nnc(C(C)(C)C)o2)n1N. The van der Waals surface area contributed by atoms with Crippen molar-refractivity contribution in [2.75, 3.05) is 13.0 Å². The van der Waals surface area contributed by atoms with E-state index in [2.05, 4.69) is 20.4 Å². The van der Waals surface area contributed by atoms with Crippen molar-refractivity contribution in [1.82, 2.24) is 25.1 Å². The van der Waals surface area contributed by atoms with Crippen LogP contribution in [0.15, 0.2) is 33.8 Å². The minimum atomic E-state index is -0.180. The van der Waals surface area contributed by atoms with E-state index in [1.165, 1.54) is 16.4 Å². The number of nitrogens with two attached hydrogens (primary N) is 1. The van der Waals surface area contributed by atoms with Crippen LogP contribution >= 0.6 is 11.8 Å². The van der Waals surface area contributed by atoms with Crippen LogP contribution in [0.25, 0.3) is 11.4 Å². The molecule has 0 unspecified atom stereocenters. The molecule has 2 heterocycles. The fourth-order valence-electron chi connectivity index (χ4n) is 2.13. The molecule has 3 rings (SSSR count). The molecular formula is C16H20N6O2S. The number of benzene rings is 1. The van der Waals surface area contributed by atoms with Gasteiger partial charge in [0.15, 0.2) is 5.82 Å². The van der Waals surface area contributed by atoms with Crippen LogP contribution in [-0.4, -0.2) is 32.2 Å². The maximum atomic E-state index is 6.15. The molecule has 0 fully saturated rings. The van der Waals surface area contributed by atoms with Gasteiger partial charge in [0.2, 0.25) is 16.9 Å². The molecule has 0 amide bonds. The van der Waals surface area contributed by atoms with Crippen LogP contribution in [0.3, 0.4) is 0 Å². The molecule has 0 aliphatic carbocycles. The van der Waals surface area contributed by atoms with Crippen LogP contribution in [0.2, 0.25) is 0 Å². The Balaban J connectivity index is 1.77. The van der Waals surface area contributed by atoms with Gasteiger partial charge in [0.1, 0.15) is 5.75 Å². The molecule has 0 saturated heterocycles. The predicted octanol–water partition coefficient (Wildman–Crippen LogP) is 2.64. The van der Waals surface area contributed by atoms with Crippen molar-refractivity contribution < 1.29 is 9.15 Å². The van der Waals surface area contributed by atoms with Gasteiger partial charge in [0, 0.05) is 5.41 Å². The first-order chi connectivity index (χ1) is 11.9. The summed E-state index contributed by atoms with van der Waals surface area (Å²) in [6.45, 7) is 6.06. The average Bonchev–Trinajstić information content (AvgIpc) is 3.19. The van der Waals surface area contributed by atoms with Crippen LogP contribution in [0.5, 0.6) is 5.75 Å². The molecule has 25 heavy (non-hydrogen) atoms. The van der Waals surface area contributed by atoms with Crippen molar-refractivity contribution in [3.05, 3.63) is 36.0 Å². The van der Waals surface area contributed by atoms with E-state index < -0.39 is 0 Å². The Labute approximate surface area is 149 Å². The molecule has 3 aromatic rings. The van der Waals surface area contributed by atoms with Crippen molar-refractivity contribution in [3.8, 4) is 17.1 Å². The Morgan fingerprint density at radius 1 is 1.16 bits per heavy atom. The van der Waals surface area contributed by atoms with Gasteiger partial charge < -0.3 is 15.0 Å². The minimum absolute atomic E-state index is 0.180. The first kappa shape index (κ1) is 17.3. The van der Waals surface area contributed by atoms with Gasteiger partial charge in [-0.2, -0.15) is 0 Å². The third-order valence-electron chi connectivity index (χ3n) is 3.45. The maximum absolute atomic E-state index is 6.15. The molecule has 8 nitrogen and oxygen atoms in total. The molecule has 0 radical (unpaired) electrons. The molecule has 0 bridgehead atoms. The van der Waals surface area contributed by atoms with Crippen LogP contribution in [-0.2, 0) is 11.2 Å². The van der Waals surface area contributed by atoms with Gasteiger partial charge in [-0.05, 0) is 12.1 Å². The normalized spacial score (nSPS) is 11.7. The number of rotatable bonds is 5. The van der Waals surface area contributed by atoms with Crippen molar-refractivity contribution >= 4 is 11.8 Å². The van der Waals surface area contributed by atoms with Gasteiger partial charge in [-0.1, -0.05) is 44.7 Å². The summed E-state index contributed by atoms with van der Waals surface area (Å²) in [5.74, 6) is 8.95. The first-order valence-electron chi connectivity index (χ1n) is 7.69. The maximum Gasteiger partial charge on any atom is 0.226 e. The molecule has 0 atom stereocenters. The molecular weight excluding hydrogens is 340 g/mol. The molecule has 1 aromatic carbocycles. The molecule has 2 aromatic heterocycles. The minimum Gasteiger partial charge on any atom is -0.496 e. The lowest BCUT2D eigenvalue weighted by Crippen LogP contribution is -2.12. The summed E-state index contributed by atoms with van der Waals surface area (Å²) >= 11 is 1.38. The van der Waals surface area contributed by atoms with Crippen molar-refractivity contribution in [2.45, 2.75) is 37.1 Å². The number of ether oxygens (including phenoxy) is 1.